The molecule has 5 nitrogen and oxygen atoms in total. The van der Waals surface area contributed by atoms with Crippen LogP contribution in [0.3, 0.4) is 0 Å². The molecule has 1 aromatic carbocycles. The summed E-state index contributed by atoms with van der Waals surface area (Å²) in [5, 5.41) is 2.99. The van der Waals surface area contributed by atoms with Gasteiger partial charge in [-0.25, -0.2) is 12.7 Å². The highest BCUT2D eigenvalue weighted by molar-refractivity contribution is 9.10. The number of halogens is 1. The number of hydrogen-bond donors (Lipinski definition) is 1. The molecule has 0 atom stereocenters. The quantitative estimate of drug-likeness (QED) is 0.793. The monoisotopic (exact) mass is 418 g/mol. The van der Waals surface area contributed by atoms with Crippen LogP contribution in [-0.4, -0.2) is 38.3 Å². The molecular formula is C17H27BrN2O3S. The fourth-order valence-electron chi connectivity index (χ4n) is 2.79. The third-order valence-corrected chi connectivity index (χ3v) is 6.19. The molecule has 1 N–H and O–H groups in total. The second-order valence-corrected chi connectivity index (χ2v) is 11.0. The summed E-state index contributed by atoms with van der Waals surface area (Å²) in [6.07, 6.45) is 0.797. The standard InChI is InChI=1S/C17H27BrN2O3S/c1-16(2,3)11-17(4,5)19-15(21)12-8-9-13(18)14(10-12)24(22,23)20(6)7/h8-10H,11H2,1-7H3,(H,19,21). The number of sulfonamides is 1. The third kappa shape index (κ3) is 5.57. The number of rotatable bonds is 5. The van der Waals surface area contributed by atoms with E-state index < -0.39 is 15.6 Å². The molecule has 0 radical (unpaired) electrons. The minimum absolute atomic E-state index is 0.0654. The maximum absolute atomic E-state index is 12.6. The number of nitrogens with one attached hydrogen (secondary N) is 1. The van der Waals surface area contributed by atoms with E-state index in [0.717, 1.165) is 10.7 Å². The van der Waals surface area contributed by atoms with Gasteiger partial charge in [0.1, 0.15) is 0 Å². The van der Waals surface area contributed by atoms with Gasteiger partial charge in [-0.05, 0) is 59.8 Å². The van der Waals surface area contributed by atoms with Crippen LogP contribution in [0, 0.1) is 5.41 Å². The molecule has 136 valence electrons. The predicted molar refractivity (Wildman–Crippen MR) is 101 cm³/mol. The number of amides is 1. The smallest absolute Gasteiger partial charge is 0.251 e. The van der Waals surface area contributed by atoms with E-state index in [9.17, 15) is 13.2 Å². The second kappa shape index (κ2) is 7.14. The molecule has 0 saturated heterocycles. The van der Waals surface area contributed by atoms with E-state index in [0.29, 0.717) is 10.0 Å². The normalized spacial score (nSPS) is 13.2. The van der Waals surface area contributed by atoms with Gasteiger partial charge in [0.2, 0.25) is 10.0 Å². The Morgan fingerprint density at radius 2 is 1.71 bits per heavy atom. The van der Waals surface area contributed by atoms with E-state index >= 15 is 0 Å². The van der Waals surface area contributed by atoms with Crippen LogP contribution in [0.5, 0.6) is 0 Å². The fraction of sp³-hybridized carbons (Fsp3) is 0.588. The Kier molecular flexibility index (Phi) is 6.28. The van der Waals surface area contributed by atoms with Crippen molar-refractivity contribution in [2.24, 2.45) is 5.41 Å². The van der Waals surface area contributed by atoms with Crippen molar-refractivity contribution in [3.8, 4) is 0 Å². The lowest BCUT2D eigenvalue weighted by Gasteiger charge is -2.33. The Morgan fingerprint density at radius 1 is 1.17 bits per heavy atom. The van der Waals surface area contributed by atoms with Gasteiger partial charge in [-0.3, -0.25) is 4.79 Å². The third-order valence-electron chi connectivity index (χ3n) is 3.38. The van der Waals surface area contributed by atoms with E-state index in [1.165, 1.54) is 20.2 Å². The van der Waals surface area contributed by atoms with Gasteiger partial charge >= 0.3 is 0 Å². The Hall–Kier alpha value is -0.920. The maximum atomic E-state index is 12.6. The fourth-order valence-corrected chi connectivity index (χ4v) is 4.63. The molecule has 0 aliphatic carbocycles. The second-order valence-electron chi connectivity index (χ2n) is 8.01. The van der Waals surface area contributed by atoms with Crippen LogP contribution >= 0.6 is 15.9 Å². The first-order valence-electron chi connectivity index (χ1n) is 7.70. The van der Waals surface area contributed by atoms with Gasteiger partial charge < -0.3 is 5.32 Å². The van der Waals surface area contributed by atoms with E-state index in [1.54, 1.807) is 12.1 Å². The van der Waals surface area contributed by atoms with E-state index in [-0.39, 0.29) is 16.2 Å². The van der Waals surface area contributed by atoms with Gasteiger partial charge in [0.15, 0.2) is 0 Å². The molecule has 0 spiro atoms. The van der Waals surface area contributed by atoms with Crippen molar-refractivity contribution in [2.75, 3.05) is 14.1 Å². The van der Waals surface area contributed by atoms with Crippen LogP contribution < -0.4 is 5.32 Å². The van der Waals surface area contributed by atoms with Crippen LogP contribution in [0.2, 0.25) is 0 Å². The molecule has 0 aliphatic heterocycles. The lowest BCUT2D eigenvalue weighted by Crippen LogP contribution is -2.45. The highest BCUT2D eigenvalue weighted by atomic mass is 79.9. The Morgan fingerprint density at radius 3 is 2.17 bits per heavy atom. The molecule has 7 heteroatoms. The SMILES string of the molecule is CN(C)S(=O)(=O)c1cc(C(=O)NC(C)(C)CC(C)(C)C)ccc1Br. The maximum Gasteiger partial charge on any atom is 0.251 e. The van der Waals surface area contributed by atoms with E-state index in [4.69, 9.17) is 0 Å². The summed E-state index contributed by atoms with van der Waals surface area (Å²) in [5.41, 5.74) is -0.0144. The van der Waals surface area contributed by atoms with E-state index in [1.807, 2.05) is 13.8 Å². The van der Waals surface area contributed by atoms with Crippen molar-refractivity contribution in [2.45, 2.75) is 51.5 Å². The van der Waals surface area contributed by atoms with Gasteiger partial charge in [0, 0.05) is 29.7 Å². The van der Waals surface area contributed by atoms with Gasteiger partial charge in [-0.1, -0.05) is 20.8 Å². The molecule has 0 unspecified atom stereocenters. The lowest BCUT2D eigenvalue weighted by molar-refractivity contribution is 0.0891. The minimum Gasteiger partial charge on any atom is -0.347 e. The number of carbonyl (C=O) groups excluding carboxylic acids is 1. The molecular weight excluding hydrogens is 392 g/mol. The van der Waals surface area contributed by atoms with Crippen LogP contribution in [0.4, 0.5) is 0 Å². The number of benzene rings is 1. The van der Waals surface area contributed by atoms with Gasteiger partial charge in [0.25, 0.3) is 5.91 Å². The predicted octanol–water partition coefficient (Wildman–Crippen LogP) is 3.64. The molecule has 0 bridgehead atoms. The summed E-state index contributed by atoms with van der Waals surface area (Å²) >= 11 is 3.25. The molecule has 1 rings (SSSR count). The van der Waals surface area contributed by atoms with Gasteiger partial charge in [-0.2, -0.15) is 0 Å². The molecule has 0 fully saturated rings. The zero-order valence-electron chi connectivity index (χ0n) is 15.4. The topological polar surface area (TPSA) is 66.5 Å². The zero-order chi connectivity index (χ0) is 18.9. The average molecular weight is 419 g/mol. The van der Waals surface area contributed by atoms with Crippen molar-refractivity contribution in [1.29, 1.82) is 0 Å². The van der Waals surface area contributed by atoms with Gasteiger partial charge in [0.05, 0.1) is 4.90 Å². The number of hydrogen-bond acceptors (Lipinski definition) is 3. The Bertz CT molecular complexity index is 720. The van der Waals surface area contributed by atoms with Crippen LogP contribution in [-0.2, 0) is 10.0 Å². The highest BCUT2D eigenvalue weighted by Crippen LogP contribution is 2.28. The number of carbonyl (C=O) groups is 1. The molecule has 1 amide bonds. The summed E-state index contributed by atoms with van der Waals surface area (Å²) < 4.78 is 26.3. The van der Waals surface area contributed by atoms with Crippen LogP contribution in [0.1, 0.15) is 51.4 Å². The first-order valence-corrected chi connectivity index (χ1v) is 9.94. The highest BCUT2D eigenvalue weighted by Gasteiger charge is 2.28. The van der Waals surface area contributed by atoms with Crippen molar-refractivity contribution in [3.63, 3.8) is 0 Å². The largest absolute Gasteiger partial charge is 0.347 e. The number of nitrogens with zero attached hydrogens (tertiary/aromatic N) is 1. The van der Waals surface area contributed by atoms with Crippen molar-refractivity contribution < 1.29 is 13.2 Å². The van der Waals surface area contributed by atoms with Crippen LogP contribution in [0.15, 0.2) is 27.6 Å². The molecule has 0 saturated carbocycles. The summed E-state index contributed by atoms with van der Waals surface area (Å²) in [5.74, 6) is -0.285. The Balaban J connectivity index is 3.14. The summed E-state index contributed by atoms with van der Waals surface area (Å²) in [6, 6.07) is 4.60. The van der Waals surface area contributed by atoms with E-state index in [2.05, 4.69) is 42.0 Å². The molecule has 0 aliphatic rings. The molecule has 24 heavy (non-hydrogen) atoms. The summed E-state index contributed by atoms with van der Waals surface area (Å²) in [6.45, 7) is 10.3. The first kappa shape index (κ1) is 21.1. The van der Waals surface area contributed by atoms with Gasteiger partial charge in [-0.15, -0.1) is 0 Å². The Labute approximate surface area is 154 Å². The summed E-state index contributed by atoms with van der Waals surface area (Å²) in [7, 11) is -0.711. The zero-order valence-corrected chi connectivity index (χ0v) is 17.8. The van der Waals surface area contributed by atoms with Crippen molar-refractivity contribution in [3.05, 3.63) is 28.2 Å². The minimum atomic E-state index is -3.63. The van der Waals surface area contributed by atoms with Crippen molar-refractivity contribution >= 4 is 31.9 Å². The van der Waals surface area contributed by atoms with Crippen molar-refractivity contribution in [1.82, 2.24) is 9.62 Å². The first-order chi connectivity index (χ1) is 10.7. The molecule has 0 heterocycles. The molecule has 1 aromatic rings. The average Bonchev–Trinajstić information content (AvgIpc) is 2.34. The lowest BCUT2D eigenvalue weighted by atomic mass is 9.81. The molecule has 0 aromatic heterocycles. The van der Waals surface area contributed by atoms with Crippen LogP contribution in [0.25, 0.3) is 0 Å². The summed E-state index contributed by atoms with van der Waals surface area (Å²) in [4.78, 5) is 12.6.